The summed E-state index contributed by atoms with van der Waals surface area (Å²) < 4.78 is 10.9. The maximum Gasteiger partial charge on any atom is 0.127 e. The summed E-state index contributed by atoms with van der Waals surface area (Å²) in [6, 6.07) is 7.54. The van der Waals surface area contributed by atoms with Crippen LogP contribution in [0.25, 0.3) is 0 Å². The average molecular weight is 244 g/mol. The lowest BCUT2D eigenvalue weighted by molar-refractivity contribution is 0.410. The van der Waals surface area contributed by atoms with Crippen LogP contribution in [0.3, 0.4) is 0 Å². The fourth-order valence-corrected chi connectivity index (χ4v) is 1.33. The fraction of sp³-hybridized carbons (Fsp3) is 0.250. The van der Waals surface area contributed by atoms with Gasteiger partial charge in [-0.1, -0.05) is 25.2 Å². The quantitative estimate of drug-likeness (QED) is 0.542. The highest BCUT2D eigenvalue weighted by molar-refractivity contribution is 5.33. The first kappa shape index (κ1) is 14.1. The molecule has 0 fully saturated rings. The van der Waals surface area contributed by atoms with Gasteiger partial charge in [-0.05, 0) is 49.8 Å². The van der Waals surface area contributed by atoms with Crippen molar-refractivity contribution in [1.29, 1.82) is 0 Å². The summed E-state index contributed by atoms with van der Waals surface area (Å²) in [5.74, 6) is 2.44. The molecule has 0 N–H and O–H groups in total. The zero-order chi connectivity index (χ0) is 13.2. The number of methoxy groups -OCH3 is 1. The standard InChI is InChI=1S/C16H20O2/c1-4-6-8-15(9-7-5-2)18-16-12-10-14(17-3)11-13-16/h4,6-13H,5H2,1-3H3/b6-4-,9-7+,15-8+. The molecule has 0 unspecified atom stereocenters. The predicted octanol–water partition coefficient (Wildman–Crippen LogP) is 4.50. The van der Waals surface area contributed by atoms with Gasteiger partial charge in [-0.2, -0.15) is 0 Å². The monoisotopic (exact) mass is 244 g/mol. The van der Waals surface area contributed by atoms with Crippen molar-refractivity contribution in [2.45, 2.75) is 20.3 Å². The number of ether oxygens (including phenoxy) is 2. The SMILES string of the molecule is C\C=C/C=C(\C=C\CC)Oc1ccc(OC)cc1. The Labute approximate surface area is 109 Å². The Morgan fingerprint density at radius 3 is 2.39 bits per heavy atom. The van der Waals surface area contributed by atoms with Crippen molar-refractivity contribution in [3.05, 3.63) is 60.4 Å². The largest absolute Gasteiger partial charge is 0.497 e. The van der Waals surface area contributed by atoms with Crippen molar-refractivity contribution in [3.8, 4) is 11.5 Å². The lowest BCUT2D eigenvalue weighted by atomic mass is 10.3. The summed E-state index contributed by atoms with van der Waals surface area (Å²) in [6.45, 7) is 4.07. The molecule has 0 spiro atoms. The third kappa shape index (κ3) is 4.91. The molecular formula is C16H20O2. The number of rotatable bonds is 6. The molecule has 0 heterocycles. The number of benzene rings is 1. The Bertz CT molecular complexity index is 425. The molecule has 0 aliphatic rings. The Hall–Kier alpha value is -1.96. The summed E-state index contributed by atoms with van der Waals surface area (Å²) in [7, 11) is 1.65. The number of hydrogen-bond acceptors (Lipinski definition) is 2. The lowest BCUT2D eigenvalue weighted by Gasteiger charge is -2.07. The average Bonchev–Trinajstić information content (AvgIpc) is 2.42. The van der Waals surface area contributed by atoms with E-state index < -0.39 is 0 Å². The van der Waals surface area contributed by atoms with Crippen molar-refractivity contribution in [2.75, 3.05) is 7.11 Å². The first-order valence-electron chi connectivity index (χ1n) is 6.11. The molecule has 0 aromatic heterocycles. The van der Waals surface area contributed by atoms with Gasteiger partial charge < -0.3 is 9.47 Å². The van der Waals surface area contributed by atoms with Gasteiger partial charge in [-0.25, -0.2) is 0 Å². The second-order valence-corrected chi connectivity index (χ2v) is 3.68. The molecule has 0 aliphatic heterocycles. The Morgan fingerprint density at radius 1 is 1.17 bits per heavy atom. The zero-order valence-electron chi connectivity index (χ0n) is 11.2. The van der Waals surface area contributed by atoms with E-state index in [1.54, 1.807) is 7.11 Å². The van der Waals surface area contributed by atoms with Crippen LogP contribution in [-0.2, 0) is 0 Å². The van der Waals surface area contributed by atoms with Gasteiger partial charge in [0.1, 0.15) is 17.3 Å². The Morgan fingerprint density at radius 2 is 1.83 bits per heavy atom. The number of hydrogen-bond donors (Lipinski definition) is 0. The van der Waals surface area contributed by atoms with Gasteiger partial charge in [0.25, 0.3) is 0 Å². The molecular weight excluding hydrogens is 224 g/mol. The first-order chi connectivity index (χ1) is 8.80. The molecule has 0 radical (unpaired) electrons. The Kier molecular flexibility index (Phi) is 6.41. The van der Waals surface area contributed by atoms with Crippen molar-refractivity contribution in [2.24, 2.45) is 0 Å². The zero-order valence-corrected chi connectivity index (χ0v) is 11.2. The van der Waals surface area contributed by atoms with Crippen LogP contribution in [0, 0.1) is 0 Å². The van der Waals surface area contributed by atoms with Crippen LogP contribution in [0.15, 0.2) is 60.4 Å². The molecule has 18 heavy (non-hydrogen) atoms. The van der Waals surface area contributed by atoms with Gasteiger partial charge in [0.2, 0.25) is 0 Å². The molecule has 0 saturated heterocycles. The van der Waals surface area contributed by atoms with E-state index in [4.69, 9.17) is 9.47 Å². The highest BCUT2D eigenvalue weighted by atomic mass is 16.5. The molecule has 0 saturated carbocycles. The van der Waals surface area contributed by atoms with Crippen molar-refractivity contribution < 1.29 is 9.47 Å². The smallest absolute Gasteiger partial charge is 0.127 e. The van der Waals surface area contributed by atoms with Crippen LogP contribution in [0.5, 0.6) is 11.5 Å². The van der Waals surface area contributed by atoms with E-state index in [-0.39, 0.29) is 0 Å². The minimum Gasteiger partial charge on any atom is -0.497 e. The van der Waals surface area contributed by atoms with Crippen molar-refractivity contribution in [1.82, 2.24) is 0 Å². The van der Waals surface area contributed by atoms with Crippen LogP contribution < -0.4 is 9.47 Å². The van der Waals surface area contributed by atoms with Crippen LogP contribution in [-0.4, -0.2) is 7.11 Å². The summed E-state index contributed by atoms with van der Waals surface area (Å²) >= 11 is 0. The van der Waals surface area contributed by atoms with Crippen LogP contribution in [0.2, 0.25) is 0 Å². The first-order valence-corrected chi connectivity index (χ1v) is 6.11. The van der Waals surface area contributed by atoms with Gasteiger partial charge in [0, 0.05) is 0 Å². The van der Waals surface area contributed by atoms with Gasteiger partial charge in [-0.15, -0.1) is 0 Å². The topological polar surface area (TPSA) is 18.5 Å². The van der Waals surface area contributed by atoms with E-state index in [9.17, 15) is 0 Å². The van der Waals surface area contributed by atoms with E-state index in [0.29, 0.717) is 0 Å². The second kappa shape index (κ2) is 8.18. The highest BCUT2D eigenvalue weighted by Gasteiger charge is 1.97. The van der Waals surface area contributed by atoms with Crippen LogP contribution >= 0.6 is 0 Å². The van der Waals surface area contributed by atoms with E-state index in [1.807, 2.05) is 55.5 Å². The third-order valence-corrected chi connectivity index (χ3v) is 2.27. The maximum atomic E-state index is 5.79. The molecule has 1 aromatic rings. The second-order valence-electron chi connectivity index (χ2n) is 3.68. The van der Waals surface area contributed by atoms with Gasteiger partial charge >= 0.3 is 0 Å². The van der Waals surface area contributed by atoms with Crippen molar-refractivity contribution in [3.63, 3.8) is 0 Å². The van der Waals surface area contributed by atoms with E-state index in [2.05, 4.69) is 13.0 Å². The molecule has 2 nitrogen and oxygen atoms in total. The number of allylic oxidation sites excluding steroid dienone is 5. The van der Waals surface area contributed by atoms with Gasteiger partial charge in [0.15, 0.2) is 0 Å². The summed E-state index contributed by atoms with van der Waals surface area (Å²) in [5, 5.41) is 0. The molecule has 0 amide bonds. The summed E-state index contributed by atoms with van der Waals surface area (Å²) in [4.78, 5) is 0. The molecule has 96 valence electrons. The van der Waals surface area contributed by atoms with Gasteiger partial charge in [-0.3, -0.25) is 0 Å². The maximum absolute atomic E-state index is 5.79. The lowest BCUT2D eigenvalue weighted by Crippen LogP contribution is -1.92. The molecule has 1 aromatic carbocycles. The highest BCUT2D eigenvalue weighted by Crippen LogP contribution is 2.19. The molecule has 1 rings (SSSR count). The molecule has 0 atom stereocenters. The minimum absolute atomic E-state index is 0.798. The summed E-state index contributed by atoms with van der Waals surface area (Å²) in [6.07, 6.45) is 10.9. The van der Waals surface area contributed by atoms with Crippen LogP contribution in [0.4, 0.5) is 0 Å². The van der Waals surface area contributed by atoms with Crippen LogP contribution in [0.1, 0.15) is 20.3 Å². The van der Waals surface area contributed by atoms with Crippen molar-refractivity contribution >= 4 is 0 Å². The fourth-order valence-electron chi connectivity index (χ4n) is 1.33. The third-order valence-electron chi connectivity index (χ3n) is 2.27. The Balaban J connectivity index is 2.78. The van der Waals surface area contributed by atoms with Gasteiger partial charge in [0.05, 0.1) is 7.11 Å². The molecule has 2 heteroatoms. The van der Waals surface area contributed by atoms with E-state index >= 15 is 0 Å². The summed E-state index contributed by atoms with van der Waals surface area (Å²) in [5.41, 5.74) is 0. The van der Waals surface area contributed by atoms with E-state index in [0.717, 1.165) is 23.7 Å². The molecule has 0 aliphatic carbocycles. The molecule has 0 bridgehead atoms. The minimum atomic E-state index is 0.798. The normalized spacial score (nSPS) is 12.3. The van der Waals surface area contributed by atoms with E-state index in [1.165, 1.54) is 0 Å². The predicted molar refractivity (Wildman–Crippen MR) is 76.0 cm³/mol.